The molecule has 1 amide bonds. The smallest absolute Gasteiger partial charge is 0.416 e. The van der Waals surface area contributed by atoms with Gasteiger partial charge in [-0.15, -0.1) is 0 Å². The first kappa shape index (κ1) is 24.5. The Hall–Kier alpha value is -3.17. The minimum Gasteiger partial charge on any atom is -0.447 e. The monoisotopic (exact) mass is 461 g/mol. The van der Waals surface area contributed by atoms with Crippen LogP contribution in [0.4, 0.5) is 13.2 Å². The number of benzene rings is 2. The summed E-state index contributed by atoms with van der Waals surface area (Å²) in [6, 6.07) is 13.1. The highest BCUT2D eigenvalue weighted by molar-refractivity contribution is 5.91. The second kappa shape index (κ2) is 11.1. The van der Waals surface area contributed by atoms with Crippen LogP contribution in [-0.2, 0) is 30.5 Å². The van der Waals surface area contributed by atoms with Crippen LogP contribution in [0.15, 0.2) is 59.2 Å². The van der Waals surface area contributed by atoms with Crippen LogP contribution in [0.3, 0.4) is 0 Å². The fourth-order valence-electron chi connectivity index (χ4n) is 3.26. The number of ether oxygens (including phenoxy) is 1. The number of oxazole rings is 1. The van der Waals surface area contributed by atoms with E-state index < -0.39 is 11.7 Å². The van der Waals surface area contributed by atoms with E-state index >= 15 is 0 Å². The van der Waals surface area contributed by atoms with E-state index in [1.165, 1.54) is 19.4 Å². The van der Waals surface area contributed by atoms with Gasteiger partial charge in [0, 0.05) is 26.7 Å². The number of carbonyl (C=O) groups is 1. The third-order valence-corrected chi connectivity index (χ3v) is 4.92. The maximum atomic E-state index is 13.1. The number of hydrogen-bond donors (Lipinski definition) is 1. The summed E-state index contributed by atoms with van der Waals surface area (Å²) in [6.07, 6.45) is -3.14. The van der Waals surface area contributed by atoms with Gasteiger partial charge in [-0.25, -0.2) is 4.98 Å². The van der Waals surface area contributed by atoms with Gasteiger partial charge in [-0.05, 0) is 24.1 Å². The van der Waals surface area contributed by atoms with E-state index in [1.54, 1.807) is 6.07 Å². The first-order valence-corrected chi connectivity index (χ1v) is 10.4. The maximum absolute atomic E-state index is 13.1. The Morgan fingerprint density at radius 3 is 2.52 bits per heavy atom. The lowest BCUT2D eigenvalue weighted by atomic mass is 10.1. The van der Waals surface area contributed by atoms with E-state index in [4.69, 9.17) is 9.15 Å². The molecule has 0 atom stereocenters. The summed E-state index contributed by atoms with van der Waals surface area (Å²) in [4.78, 5) is 18.3. The molecule has 3 rings (SSSR count). The van der Waals surface area contributed by atoms with Gasteiger partial charge in [0.1, 0.15) is 6.26 Å². The summed E-state index contributed by atoms with van der Waals surface area (Å²) >= 11 is 0. The lowest BCUT2D eigenvalue weighted by Gasteiger charge is -2.21. The van der Waals surface area contributed by atoms with Crippen LogP contribution >= 0.6 is 0 Å². The molecule has 0 saturated heterocycles. The molecule has 3 aromatic rings. The van der Waals surface area contributed by atoms with Gasteiger partial charge in [-0.1, -0.05) is 48.0 Å². The molecule has 6 nitrogen and oxygen atoms in total. The minimum absolute atomic E-state index is 0.135. The Morgan fingerprint density at radius 2 is 1.82 bits per heavy atom. The van der Waals surface area contributed by atoms with Crippen molar-refractivity contribution in [2.24, 2.45) is 0 Å². The molecule has 9 heteroatoms. The van der Waals surface area contributed by atoms with Gasteiger partial charge < -0.3 is 14.5 Å². The molecule has 1 N–H and O–H groups in total. The highest BCUT2D eigenvalue weighted by atomic mass is 19.4. The number of nitrogens with zero attached hydrogens (tertiary/aromatic N) is 2. The van der Waals surface area contributed by atoms with Gasteiger partial charge in [0.05, 0.1) is 18.7 Å². The summed E-state index contributed by atoms with van der Waals surface area (Å²) in [6.45, 7) is 3.62. The van der Waals surface area contributed by atoms with Gasteiger partial charge >= 0.3 is 6.18 Å². The summed E-state index contributed by atoms with van der Waals surface area (Å²) in [5.41, 5.74) is 2.06. The van der Waals surface area contributed by atoms with Crippen molar-refractivity contribution in [1.82, 2.24) is 15.2 Å². The number of alkyl halides is 3. The van der Waals surface area contributed by atoms with Crippen molar-refractivity contribution in [2.75, 3.05) is 20.3 Å². The van der Waals surface area contributed by atoms with Crippen molar-refractivity contribution in [3.8, 4) is 0 Å². The number of carbonyl (C=O) groups excluding carboxylic acids is 1. The van der Waals surface area contributed by atoms with Crippen LogP contribution < -0.4 is 5.32 Å². The Kier molecular flexibility index (Phi) is 8.24. The first-order valence-electron chi connectivity index (χ1n) is 10.4. The fraction of sp³-hybridized carbons (Fsp3) is 0.333. The topological polar surface area (TPSA) is 67.6 Å². The number of amides is 1. The zero-order valence-electron chi connectivity index (χ0n) is 18.5. The molecule has 0 unspecified atom stereocenters. The van der Waals surface area contributed by atoms with Crippen LogP contribution in [0.5, 0.6) is 0 Å². The number of nitrogens with one attached hydrogen (secondary N) is 1. The molecule has 0 saturated carbocycles. The largest absolute Gasteiger partial charge is 0.447 e. The van der Waals surface area contributed by atoms with Crippen molar-refractivity contribution < 1.29 is 27.1 Å². The number of rotatable bonds is 10. The summed E-state index contributed by atoms with van der Waals surface area (Å²) in [7, 11) is 1.54. The molecule has 0 aliphatic carbocycles. The molecule has 1 heterocycles. The maximum Gasteiger partial charge on any atom is 0.416 e. The summed E-state index contributed by atoms with van der Waals surface area (Å²) in [5, 5.41) is 2.67. The number of halogens is 3. The van der Waals surface area contributed by atoms with E-state index in [1.807, 2.05) is 36.1 Å². The molecule has 0 fully saturated rings. The van der Waals surface area contributed by atoms with E-state index in [9.17, 15) is 18.0 Å². The van der Waals surface area contributed by atoms with Crippen molar-refractivity contribution in [1.29, 1.82) is 0 Å². The van der Waals surface area contributed by atoms with Gasteiger partial charge in [-0.2, -0.15) is 13.2 Å². The molecule has 33 heavy (non-hydrogen) atoms. The number of methoxy groups -OCH3 is 1. The molecule has 0 aliphatic rings. The molecule has 176 valence electrons. The number of aryl methyl sites for hydroxylation is 1. The average molecular weight is 461 g/mol. The number of aromatic nitrogens is 1. The van der Waals surface area contributed by atoms with E-state index in [-0.39, 0.29) is 24.7 Å². The van der Waals surface area contributed by atoms with Crippen molar-refractivity contribution in [3.63, 3.8) is 0 Å². The Labute approximate surface area is 190 Å². The third kappa shape index (κ3) is 7.44. The van der Waals surface area contributed by atoms with Crippen LogP contribution in [0.1, 0.15) is 38.6 Å². The standard InChI is InChI=1S/C24H26F3N3O3/c1-17-6-8-18(9-7-17)13-30(14-19-4-3-5-20(12-19)24(25,26)27)15-22-29-21(16-33-22)23(31)28-10-11-32-2/h3-9,12,16H,10-11,13-15H2,1-2H3,(H,28,31). The summed E-state index contributed by atoms with van der Waals surface area (Å²) in [5.74, 6) is -0.0870. The second-order valence-electron chi connectivity index (χ2n) is 7.70. The van der Waals surface area contributed by atoms with Crippen LogP contribution in [0.25, 0.3) is 0 Å². The quantitative estimate of drug-likeness (QED) is 0.448. The molecule has 0 radical (unpaired) electrons. The van der Waals surface area contributed by atoms with E-state index in [0.717, 1.165) is 23.3 Å². The highest BCUT2D eigenvalue weighted by Crippen LogP contribution is 2.30. The van der Waals surface area contributed by atoms with Gasteiger partial charge in [0.2, 0.25) is 5.89 Å². The van der Waals surface area contributed by atoms with Crippen LogP contribution in [0, 0.1) is 6.92 Å². The zero-order chi connectivity index (χ0) is 23.8. The lowest BCUT2D eigenvalue weighted by molar-refractivity contribution is -0.137. The number of hydrogen-bond acceptors (Lipinski definition) is 5. The molecular weight excluding hydrogens is 435 g/mol. The zero-order valence-corrected chi connectivity index (χ0v) is 18.5. The van der Waals surface area contributed by atoms with Crippen molar-refractivity contribution >= 4 is 5.91 Å². The lowest BCUT2D eigenvalue weighted by Crippen LogP contribution is -2.27. The van der Waals surface area contributed by atoms with E-state index in [0.29, 0.717) is 31.2 Å². The van der Waals surface area contributed by atoms with Gasteiger partial charge in [0.15, 0.2) is 5.69 Å². The van der Waals surface area contributed by atoms with Crippen molar-refractivity contribution in [2.45, 2.75) is 32.7 Å². The Bertz CT molecular complexity index is 1050. The van der Waals surface area contributed by atoms with Gasteiger partial charge in [-0.3, -0.25) is 9.69 Å². The predicted molar refractivity (Wildman–Crippen MR) is 116 cm³/mol. The average Bonchev–Trinajstić information content (AvgIpc) is 3.23. The second-order valence-corrected chi connectivity index (χ2v) is 7.70. The minimum atomic E-state index is -4.41. The molecule has 0 spiro atoms. The molecule has 1 aromatic heterocycles. The molecular formula is C24H26F3N3O3. The van der Waals surface area contributed by atoms with Crippen molar-refractivity contribution in [3.05, 3.63) is 88.6 Å². The fourth-order valence-corrected chi connectivity index (χ4v) is 3.26. The van der Waals surface area contributed by atoms with E-state index in [2.05, 4.69) is 10.3 Å². The molecule has 2 aromatic carbocycles. The molecule has 0 bridgehead atoms. The highest BCUT2D eigenvalue weighted by Gasteiger charge is 2.30. The normalized spacial score (nSPS) is 11.7. The van der Waals surface area contributed by atoms with Gasteiger partial charge in [0.25, 0.3) is 5.91 Å². The summed E-state index contributed by atoms with van der Waals surface area (Å²) < 4.78 is 49.8. The third-order valence-electron chi connectivity index (χ3n) is 4.92. The molecule has 0 aliphatic heterocycles. The first-order chi connectivity index (χ1) is 15.7. The predicted octanol–water partition coefficient (Wildman–Crippen LogP) is 4.58. The van der Waals surface area contributed by atoms with Crippen LogP contribution in [-0.4, -0.2) is 36.1 Å². The van der Waals surface area contributed by atoms with Crippen LogP contribution in [0.2, 0.25) is 0 Å². The SMILES string of the molecule is COCCNC(=O)c1coc(CN(Cc2ccc(C)cc2)Cc2cccc(C(F)(F)F)c2)n1. The Morgan fingerprint density at radius 1 is 1.09 bits per heavy atom. The Balaban J connectivity index is 1.76.